The number of esters is 1. The van der Waals surface area contributed by atoms with Crippen LogP contribution in [0.25, 0.3) is 10.2 Å². The lowest BCUT2D eigenvalue weighted by atomic mass is 10.1. The first kappa shape index (κ1) is 21.8. The van der Waals surface area contributed by atoms with Gasteiger partial charge in [0.15, 0.2) is 34.8 Å². The van der Waals surface area contributed by atoms with Crippen molar-refractivity contribution in [2.75, 3.05) is 11.9 Å². The van der Waals surface area contributed by atoms with E-state index in [2.05, 4.69) is 10.3 Å². The van der Waals surface area contributed by atoms with E-state index in [-0.39, 0.29) is 9.83 Å². The predicted molar refractivity (Wildman–Crippen MR) is 105 cm³/mol. The van der Waals surface area contributed by atoms with Gasteiger partial charge in [-0.3, -0.25) is 10.1 Å². The standard InChI is InChI=1S/C19H14ClF3N2O4S/c1-19(2,29-10-5-3-9(20)4-6-10)17(27)28-8-13(26)24-18-25-16-12(30-18)7-11(21)14(22)15(16)23/h3-7H,8H2,1-2H3,(H,24,25,26). The van der Waals surface area contributed by atoms with Crippen molar-refractivity contribution in [3.8, 4) is 5.75 Å². The van der Waals surface area contributed by atoms with Gasteiger partial charge >= 0.3 is 5.97 Å². The molecule has 0 aliphatic heterocycles. The predicted octanol–water partition coefficient (Wildman–Crippen LogP) is 4.71. The van der Waals surface area contributed by atoms with Crippen molar-refractivity contribution in [2.24, 2.45) is 0 Å². The molecule has 1 N–H and O–H groups in total. The lowest BCUT2D eigenvalue weighted by molar-refractivity contribution is -0.161. The highest BCUT2D eigenvalue weighted by Crippen LogP contribution is 2.30. The summed E-state index contributed by atoms with van der Waals surface area (Å²) in [5.74, 6) is -5.67. The molecule has 2 aromatic carbocycles. The molecule has 0 bridgehead atoms. The molecule has 158 valence electrons. The zero-order chi connectivity index (χ0) is 22.1. The Bertz CT molecular complexity index is 1120. The van der Waals surface area contributed by atoms with Gasteiger partial charge in [0, 0.05) is 5.02 Å². The highest BCUT2D eigenvalue weighted by molar-refractivity contribution is 7.22. The molecule has 0 unspecified atom stereocenters. The number of carbonyl (C=O) groups is 2. The van der Waals surface area contributed by atoms with E-state index in [0.29, 0.717) is 10.8 Å². The van der Waals surface area contributed by atoms with E-state index >= 15 is 0 Å². The van der Waals surface area contributed by atoms with Gasteiger partial charge in [-0.05, 0) is 44.2 Å². The molecule has 0 aliphatic rings. The quantitative estimate of drug-likeness (QED) is 0.427. The van der Waals surface area contributed by atoms with Crippen LogP contribution in [-0.2, 0) is 14.3 Å². The van der Waals surface area contributed by atoms with E-state index in [1.165, 1.54) is 13.8 Å². The van der Waals surface area contributed by atoms with Crippen molar-refractivity contribution in [3.05, 3.63) is 52.8 Å². The summed E-state index contributed by atoms with van der Waals surface area (Å²) in [6.07, 6.45) is 0. The second-order valence-corrected chi connectivity index (χ2v) is 8.01. The average Bonchev–Trinajstić information content (AvgIpc) is 3.08. The molecule has 0 fully saturated rings. The molecule has 6 nitrogen and oxygen atoms in total. The molecule has 11 heteroatoms. The number of carbonyl (C=O) groups excluding carboxylic acids is 2. The normalized spacial score (nSPS) is 11.4. The van der Waals surface area contributed by atoms with Crippen LogP contribution in [0.3, 0.4) is 0 Å². The van der Waals surface area contributed by atoms with Gasteiger partial charge < -0.3 is 9.47 Å². The van der Waals surface area contributed by atoms with E-state index in [1.807, 2.05) is 0 Å². The zero-order valence-electron chi connectivity index (χ0n) is 15.6. The molecule has 3 aromatic rings. The van der Waals surface area contributed by atoms with Gasteiger partial charge in [0.05, 0.1) is 4.70 Å². The average molecular weight is 459 g/mol. The Hall–Kier alpha value is -2.85. The summed E-state index contributed by atoms with van der Waals surface area (Å²) in [4.78, 5) is 28.0. The number of anilines is 1. The summed E-state index contributed by atoms with van der Waals surface area (Å²) in [7, 11) is 0. The summed E-state index contributed by atoms with van der Waals surface area (Å²) in [6.45, 7) is 2.25. The number of aromatic nitrogens is 1. The topological polar surface area (TPSA) is 77.5 Å². The molecular formula is C19H14ClF3N2O4S. The van der Waals surface area contributed by atoms with Crippen LogP contribution in [0.5, 0.6) is 5.75 Å². The molecule has 0 atom stereocenters. The fourth-order valence-electron chi connectivity index (χ4n) is 2.33. The Morgan fingerprint density at radius 3 is 2.50 bits per heavy atom. The molecule has 1 amide bonds. The van der Waals surface area contributed by atoms with Crippen LogP contribution >= 0.6 is 22.9 Å². The molecule has 1 aromatic heterocycles. The summed E-state index contributed by atoms with van der Waals surface area (Å²) >= 11 is 6.53. The molecule has 30 heavy (non-hydrogen) atoms. The Kier molecular flexibility index (Phi) is 6.18. The van der Waals surface area contributed by atoms with Crippen LogP contribution in [0.4, 0.5) is 18.3 Å². The number of nitrogens with zero attached hydrogens (tertiary/aromatic N) is 1. The van der Waals surface area contributed by atoms with Gasteiger partial charge in [-0.2, -0.15) is 0 Å². The van der Waals surface area contributed by atoms with Gasteiger partial charge in [0.2, 0.25) is 0 Å². The van der Waals surface area contributed by atoms with Crippen LogP contribution in [0, 0.1) is 17.5 Å². The van der Waals surface area contributed by atoms with Crippen LogP contribution in [-0.4, -0.2) is 29.1 Å². The minimum Gasteiger partial charge on any atom is -0.476 e. The van der Waals surface area contributed by atoms with Gasteiger partial charge in [-0.1, -0.05) is 22.9 Å². The maximum absolute atomic E-state index is 13.7. The molecular weight excluding hydrogens is 445 g/mol. The van der Waals surface area contributed by atoms with Crippen molar-refractivity contribution in [1.29, 1.82) is 0 Å². The lowest BCUT2D eigenvalue weighted by Gasteiger charge is -2.24. The lowest BCUT2D eigenvalue weighted by Crippen LogP contribution is -2.41. The molecule has 0 saturated carbocycles. The number of nitrogens with one attached hydrogen (secondary N) is 1. The van der Waals surface area contributed by atoms with Gasteiger partial charge in [0.1, 0.15) is 11.3 Å². The van der Waals surface area contributed by atoms with Crippen molar-refractivity contribution in [2.45, 2.75) is 19.4 Å². The third-order valence-corrected chi connectivity index (χ3v) is 4.95. The highest BCUT2D eigenvalue weighted by Gasteiger charge is 2.32. The van der Waals surface area contributed by atoms with E-state index in [4.69, 9.17) is 21.1 Å². The van der Waals surface area contributed by atoms with Gasteiger partial charge in [-0.25, -0.2) is 22.9 Å². The zero-order valence-corrected chi connectivity index (χ0v) is 17.2. The van der Waals surface area contributed by atoms with Gasteiger partial charge in [-0.15, -0.1) is 0 Å². The number of benzene rings is 2. The van der Waals surface area contributed by atoms with Crippen LogP contribution in [0.1, 0.15) is 13.8 Å². The number of amides is 1. The first-order chi connectivity index (χ1) is 14.1. The van der Waals surface area contributed by atoms with Crippen molar-refractivity contribution in [3.63, 3.8) is 0 Å². The molecule has 3 rings (SSSR count). The summed E-state index contributed by atoms with van der Waals surface area (Å²) < 4.78 is 50.8. The molecule has 0 saturated heterocycles. The molecule has 0 radical (unpaired) electrons. The minimum absolute atomic E-state index is 0.0104. The van der Waals surface area contributed by atoms with E-state index in [0.717, 1.165) is 17.4 Å². The Morgan fingerprint density at radius 2 is 1.83 bits per heavy atom. The fourth-order valence-corrected chi connectivity index (χ4v) is 3.36. The molecule has 0 spiro atoms. The van der Waals surface area contributed by atoms with Crippen LogP contribution in [0.15, 0.2) is 30.3 Å². The van der Waals surface area contributed by atoms with Crippen molar-refractivity contribution in [1.82, 2.24) is 4.98 Å². The summed E-state index contributed by atoms with van der Waals surface area (Å²) in [6, 6.07) is 7.09. The smallest absolute Gasteiger partial charge is 0.350 e. The number of fused-ring (bicyclic) bond motifs is 1. The van der Waals surface area contributed by atoms with Gasteiger partial charge in [0.25, 0.3) is 5.91 Å². The monoisotopic (exact) mass is 458 g/mol. The second-order valence-electron chi connectivity index (χ2n) is 6.54. The number of ether oxygens (including phenoxy) is 2. The van der Waals surface area contributed by atoms with Crippen molar-refractivity contribution < 1.29 is 32.2 Å². The number of halogens is 4. The number of hydrogen-bond acceptors (Lipinski definition) is 6. The Labute approximate surface area is 177 Å². The third-order valence-electron chi connectivity index (χ3n) is 3.78. The first-order valence-corrected chi connectivity index (χ1v) is 9.62. The maximum atomic E-state index is 13.7. The van der Waals surface area contributed by atoms with Crippen LogP contribution < -0.4 is 10.1 Å². The summed E-state index contributed by atoms with van der Waals surface area (Å²) in [5.41, 5.74) is -1.81. The number of thiazole rings is 1. The third kappa shape index (κ3) is 4.82. The van der Waals surface area contributed by atoms with E-state index in [1.54, 1.807) is 24.3 Å². The Morgan fingerprint density at radius 1 is 1.17 bits per heavy atom. The number of hydrogen-bond donors (Lipinski definition) is 1. The second kappa shape index (κ2) is 8.49. The van der Waals surface area contributed by atoms with Crippen LogP contribution in [0.2, 0.25) is 5.02 Å². The molecule has 1 heterocycles. The highest BCUT2D eigenvalue weighted by atomic mass is 35.5. The van der Waals surface area contributed by atoms with E-state index in [9.17, 15) is 22.8 Å². The fraction of sp³-hybridized carbons (Fsp3) is 0.211. The maximum Gasteiger partial charge on any atom is 0.350 e. The first-order valence-electron chi connectivity index (χ1n) is 8.42. The summed E-state index contributed by atoms with van der Waals surface area (Å²) in [5, 5.41) is 2.68. The SMILES string of the molecule is CC(C)(Oc1ccc(Cl)cc1)C(=O)OCC(=O)Nc1nc2c(F)c(F)c(F)cc2s1. The Balaban J connectivity index is 1.59. The molecule has 0 aliphatic carbocycles. The van der Waals surface area contributed by atoms with E-state index < -0.39 is 47.1 Å². The number of rotatable bonds is 6. The van der Waals surface area contributed by atoms with Crippen molar-refractivity contribution >= 4 is 50.2 Å². The minimum atomic E-state index is -1.65. The largest absolute Gasteiger partial charge is 0.476 e.